The van der Waals surface area contributed by atoms with Crippen LogP contribution in [0.4, 0.5) is 4.79 Å². The Morgan fingerprint density at radius 2 is 1.82 bits per heavy atom. The Kier molecular flexibility index (Phi) is 7.44. The molecule has 2 aromatic heterocycles. The third-order valence-corrected chi connectivity index (χ3v) is 9.67. The molecule has 2 aliphatic rings. The van der Waals surface area contributed by atoms with Crippen LogP contribution in [0.15, 0.2) is 46.6 Å². The van der Waals surface area contributed by atoms with Gasteiger partial charge in [-0.05, 0) is 51.7 Å². The van der Waals surface area contributed by atoms with Crippen LogP contribution < -0.4 is 11.0 Å². The second kappa shape index (κ2) is 10.5. The SMILES string of the molecule is CC(C)n1c(=O)n(C(=O)NC2C[C@H]3CC[C@@H](C2)N3C[C@@H](O)CN(C)S(=O)(=O)c2cn(C)cn2)c2ccccc21. The summed E-state index contributed by atoms with van der Waals surface area (Å²) in [4.78, 5) is 32.7. The lowest BCUT2D eigenvalue weighted by molar-refractivity contribution is 0.0472. The number of benzene rings is 1. The molecule has 1 unspecified atom stereocenters. The van der Waals surface area contributed by atoms with Crippen LogP contribution in [-0.2, 0) is 17.1 Å². The normalized spacial score (nSPS) is 22.7. The van der Waals surface area contributed by atoms with E-state index in [9.17, 15) is 23.1 Å². The third-order valence-electron chi connectivity index (χ3n) is 7.96. The Labute approximate surface area is 227 Å². The predicted octanol–water partition coefficient (Wildman–Crippen LogP) is 1.35. The molecule has 4 heterocycles. The highest BCUT2D eigenvalue weighted by molar-refractivity contribution is 7.89. The molecular formula is C26H37N7O5S. The number of imidazole rings is 2. The van der Waals surface area contributed by atoms with Crippen LogP contribution in [0.3, 0.4) is 0 Å². The first-order valence-corrected chi connectivity index (χ1v) is 14.8. The summed E-state index contributed by atoms with van der Waals surface area (Å²) >= 11 is 0. The molecule has 0 saturated carbocycles. The molecule has 2 bridgehead atoms. The van der Waals surface area contributed by atoms with Gasteiger partial charge >= 0.3 is 11.7 Å². The van der Waals surface area contributed by atoms with Crippen LogP contribution in [0.2, 0.25) is 0 Å². The molecule has 212 valence electrons. The summed E-state index contributed by atoms with van der Waals surface area (Å²) in [7, 11) is -0.646. The number of aryl methyl sites for hydroxylation is 1. The van der Waals surface area contributed by atoms with Crippen molar-refractivity contribution < 1.29 is 18.3 Å². The molecule has 1 aromatic carbocycles. The molecule has 0 aliphatic carbocycles. The number of hydrogen-bond donors (Lipinski definition) is 2. The molecule has 13 heteroatoms. The maximum absolute atomic E-state index is 13.3. The Morgan fingerprint density at radius 3 is 2.41 bits per heavy atom. The van der Waals surface area contributed by atoms with E-state index < -0.39 is 22.2 Å². The van der Waals surface area contributed by atoms with Crippen molar-refractivity contribution in [1.29, 1.82) is 0 Å². The molecule has 1 amide bonds. The van der Waals surface area contributed by atoms with E-state index >= 15 is 0 Å². The predicted molar refractivity (Wildman–Crippen MR) is 146 cm³/mol. The first-order chi connectivity index (χ1) is 18.5. The summed E-state index contributed by atoms with van der Waals surface area (Å²) in [5.74, 6) is 0. The molecule has 0 radical (unpaired) electrons. The van der Waals surface area contributed by atoms with Gasteiger partial charge in [-0.2, -0.15) is 4.31 Å². The van der Waals surface area contributed by atoms with Gasteiger partial charge in [0.2, 0.25) is 0 Å². The van der Waals surface area contributed by atoms with E-state index in [0.717, 1.165) is 22.7 Å². The zero-order valence-corrected chi connectivity index (χ0v) is 23.6. The molecular weight excluding hydrogens is 522 g/mol. The summed E-state index contributed by atoms with van der Waals surface area (Å²) in [5.41, 5.74) is 0.963. The molecule has 4 atom stereocenters. The molecule has 2 N–H and O–H groups in total. The molecule has 2 fully saturated rings. The second-order valence-electron chi connectivity index (χ2n) is 11.1. The first kappa shape index (κ1) is 27.6. The minimum atomic E-state index is -3.79. The number of nitrogens with one attached hydrogen (secondary N) is 1. The highest BCUT2D eigenvalue weighted by atomic mass is 32.2. The Bertz CT molecular complexity index is 1510. The monoisotopic (exact) mass is 559 g/mol. The first-order valence-electron chi connectivity index (χ1n) is 13.4. The number of fused-ring (bicyclic) bond motifs is 3. The van der Waals surface area contributed by atoms with Crippen LogP contribution in [-0.4, -0.2) is 91.8 Å². The lowest BCUT2D eigenvalue weighted by Gasteiger charge is -2.40. The van der Waals surface area contributed by atoms with Gasteiger partial charge in [-0.25, -0.2) is 27.6 Å². The van der Waals surface area contributed by atoms with Gasteiger partial charge in [-0.15, -0.1) is 0 Å². The smallest absolute Gasteiger partial charge is 0.337 e. The third kappa shape index (κ3) is 5.15. The quantitative estimate of drug-likeness (QED) is 0.425. The van der Waals surface area contributed by atoms with E-state index in [-0.39, 0.29) is 41.4 Å². The van der Waals surface area contributed by atoms with Crippen molar-refractivity contribution in [2.24, 2.45) is 7.05 Å². The summed E-state index contributed by atoms with van der Waals surface area (Å²) in [6.45, 7) is 4.14. The number of rotatable bonds is 8. The highest BCUT2D eigenvalue weighted by Gasteiger charge is 2.42. The van der Waals surface area contributed by atoms with Crippen LogP contribution >= 0.6 is 0 Å². The Hall–Kier alpha value is -3.00. The average molecular weight is 560 g/mol. The number of sulfonamides is 1. The number of carbonyl (C=O) groups excluding carboxylic acids is 1. The van der Waals surface area contributed by atoms with Gasteiger partial charge < -0.3 is 15.0 Å². The molecule has 39 heavy (non-hydrogen) atoms. The number of hydrogen-bond acceptors (Lipinski definition) is 7. The van der Waals surface area contributed by atoms with Gasteiger partial charge in [0.25, 0.3) is 10.0 Å². The zero-order chi connectivity index (χ0) is 28.1. The number of amides is 1. The molecule has 3 aromatic rings. The number of para-hydroxylation sites is 2. The van der Waals surface area contributed by atoms with Crippen LogP contribution in [0, 0.1) is 0 Å². The van der Waals surface area contributed by atoms with Crippen LogP contribution in [0.25, 0.3) is 11.0 Å². The van der Waals surface area contributed by atoms with E-state index in [4.69, 9.17) is 0 Å². The maximum Gasteiger partial charge on any atom is 0.337 e. The summed E-state index contributed by atoms with van der Waals surface area (Å²) < 4.78 is 31.1. The molecule has 5 rings (SSSR count). The standard InChI is InChI=1S/C26H37N7O5S/c1-17(2)32-22-7-5-6-8-23(22)33(26(32)36)25(35)28-18-11-19-9-10-20(12-18)31(19)14-21(34)13-30(4)39(37,38)24-15-29(3)16-27-24/h5-8,15-21,34H,9-14H2,1-4H3,(H,28,35)/t18?,19-,20+,21-/m0/s1. The van der Waals surface area contributed by atoms with E-state index in [0.29, 0.717) is 24.9 Å². The van der Waals surface area contributed by atoms with Crippen LogP contribution in [0.1, 0.15) is 45.6 Å². The van der Waals surface area contributed by atoms with E-state index in [1.807, 2.05) is 32.0 Å². The second-order valence-corrected chi connectivity index (χ2v) is 13.1. The lowest BCUT2D eigenvalue weighted by atomic mass is 9.97. The van der Waals surface area contributed by atoms with Crippen molar-refractivity contribution in [1.82, 2.24) is 33.2 Å². The Morgan fingerprint density at radius 1 is 1.18 bits per heavy atom. The van der Waals surface area contributed by atoms with Crippen molar-refractivity contribution in [2.45, 2.75) is 74.8 Å². The number of nitrogens with zero attached hydrogens (tertiary/aromatic N) is 6. The summed E-state index contributed by atoms with van der Waals surface area (Å²) in [6, 6.07) is 7.04. The number of aliphatic hydroxyl groups excluding tert-OH is 1. The fourth-order valence-corrected chi connectivity index (χ4v) is 7.34. The van der Waals surface area contributed by atoms with Gasteiger partial charge in [-0.3, -0.25) is 9.47 Å². The topological polar surface area (TPSA) is 135 Å². The lowest BCUT2D eigenvalue weighted by Crippen LogP contribution is -2.54. The number of carbonyl (C=O) groups is 1. The van der Waals surface area contributed by atoms with Crippen molar-refractivity contribution >= 4 is 27.1 Å². The number of piperidine rings is 1. The van der Waals surface area contributed by atoms with Gasteiger partial charge in [0.05, 0.1) is 23.5 Å². The molecule has 12 nitrogen and oxygen atoms in total. The van der Waals surface area contributed by atoms with E-state index in [2.05, 4.69) is 15.2 Å². The van der Waals surface area contributed by atoms with Crippen molar-refractivity contribution in [2.75, 3.05) is 20.1 Å². The van der Waals surface area contributed by atoms with Crippen LogP contribution in [0.5, 0.6) is 0 Å². The summed E-state index contributed by atoms with van der Waals surface area (Å²) in [5, 5.41) is 13.8. The van der Waals surface area contributed by atoms with Gasteiger partial charge in [-0.1, -0.05) is 12.1 Å². The van der Waals surface area contributed by atoms with E-state index in [1.165, 1.54) is 24.1 Å². The Balaban J connectivity index is 1.22. The largest absolute Gasteiger partial charge is 0.390 e. The average Bonchev–Trinajstić information content (AvgIpc) is 3.50. The number of likely N-dealkylation sites (N-methyl/N-ethyl adjacent to an activating group) is 1. The zero-order valence-electron chi connectivity index (χ0n) is 22.8. The van der Waals surface area contributed by atoms with Crippen molar-refractivity contribution in [3.63, 3.8) is 0 Å². The highest BCUT2D eigenvalue weighted by Crippen LogP contribution is 2.36. The molecule has 2 saturated heterocycles. The minimum Gasteiger partial charge on any atom is -0.390 e. The number of aliphatic hydroxyl groups is 1. The summed E-state index contributed by atoms with van der Waals surface area (Å²) in [6.07, 6.45) is 5.28. The fourth-order valence-electron chi connectivity index (χ4n) is 6.17. The molecule has 2 aliphatic heterocycles. The maximum atomic E-state index is 13.3. The number of aromatic nitrogens is 4. The fraction of sp³-hybridized carbons (Fsp3) is 0.577. The minimum absolute atomic E-state index is 0.0438. The van der Waals surface area contributed by atoms with Gasteiger partial charge in [0, 0.05) is 57.5 Å². The van der Waals surface area contributed by atoms with Gasteiger partial charge in [0.1, 0.15) is 0 Å². The van der Waals surface area contributed by atoms with Crippen molar-refractivity contribution in [3.8, 4) is 0 Å². The molecule has 0 spiro atoms. The van der Waals surface area contributed by atoms with Gasteiger partial charge in [0.15, 0.2) is 5.03 Å². The van der Waals surface area contributed by atoms with Crippen molar-refractivity contribution in [3.05, 3.63) is 47.3 Å². The van der Waals surface area contributed by atoms with E-state index in [1.54, 1.807) is 22.2 Å².